The Morgan fingerprint density at radius 1 is 0.898 bits per heavy atom. The molecule has 49 heavy (non-hydrogen) atoms. The molecule has 3 aromatic carbocycles. The largest absolute Gasteiger partial charge is 0.495 e. The van der Waals surface area contributed by atoms with Gasteiger partial charge in [0.1, 0.15) is 16.4 Å². The van der Waals surface area contributed by atoms with Crippen LogP contribution in [0.2, 0.25) is 0 Å². The van der Waals surface area contributed by atoms with Crippen LogP contribution in [0.1, 0.15) is 56.2 Å². The van der Waals surface area contributed by atoms with Crippen LogP contribution in [0.5, 0.6) is 11.5 Å². The zero-order valence-electron chi connectivity index (χ0n) is 28.9. The van der Waals surface area contributed by atoms with E-state index < -0.39 is 27.6 Å². The summed E-state index contributed by atoms with van der Waals surface area (Å²) >= 11 is 0. The van der Waals surface area contributed by atoms with Gasteiger partial charge in [-0.3, -0.25) is 9.69 Å². The quantitative estimate of drug-likeness (QED) is 0.305. The Kier molecular flexibility index (Phi) is 9.93. The van der Waals surface area contributed by atoms with Crippen LogP contribution >= 0.6 is 0 Å². The molecule has 2 amide bonds. The maximum atomic E-state index is 15.2. The number of carbonyl (C=O) groups is 2. The van der Waals surface area contributed by atoms with Gasteiger partial charge in [0.25, 0.3) is 15.9 Å². The number of sulfonamides is 1. The fraction of sp³-hybridized carbons (Fsp3) is 0.459. The number of benzene rings is 3. The van der Waals surface area contributed by atoms with Crippen LogP contribution < -0.4 is 13.8 Å². The van der Waals surface area contributed by atoms with Crippen LogP contribution in [0.15, 0.2) is 71.6 Å². The van der Waals surface area contributed by atoms with Gasteiger partial charge in [-0.05, 0) is 81.7 Å². The molecule has 11 nitrogen and oxygen atoms in total. The van der Waals surface area contributed by atoms with Crippen molar-refractivity contribution < 1.29 is 32.2 Å². The van der Waals surface area contributed by atoms with Gasteiger partial charge in [-0.15, -0.1) is 0 Å². The molecule has 2 saturated heterocycles. The van der Waals surface area contributed by atoms with E-state index in [0.717, 1.165) is 35.8 Å². The maximum absolute atomic E-state index is 15.2. The van der Waals surface area contributed by atoms with Gasteiger partial charge in [0.15, 0.2) is 0 Å². The van der Waals surface area contributed by atoms with Gasteiger partial charge in [0.2, 0.25) is 5.60 Å². The van der Waals surface area contributed by atoms with Crippen molar-refractivity contribution in [2.75, 3.05) is 64.3 Å². The van der Waals surface area contributed by atoms with Crippen LogP contribution in [0.3, 0.4) is 0 Å². The summed E-state index contributed by atoms with van der Waals surface area (Å²) in [6.45, 7) is 10.4. The minimum absolute atomic E-state index is 0.0310. The molecule has 0 bridgehead atoms. The number of piperidine rings is 1. The van der Waals surface area contributed by atoms with Crippen molar-refractivity contribution in [3.63, 3.8) is 0 Å². The monoisotopic (exact) mass is 690 g/mol. The highest BCUT2D eigenvalue weighted by Gasteiger charge is 2.61. The highest BCUT2D eigenvalue weighted by molar-refractivity contribution is 7.93. The van der Waals surface area contributed by atoms with Crippen molar-refractivity contribution in [1.82, 2.24) is 14.7 Å². The Hall–Kier alpha value is -4.13. The first kappa shape index (κ1) is 34.7. The van der Waals surface area contributed by atoms with E-state index in [-0.39, 0.29) is 40.0 Å². The fourth-order valence-corrected chi connectivity index (χ4v) is 8.80. The Balaban J connectivity index is 1.46. The Morgan fingerprint density at radius 3 is 2.20 bits per heavy atom. The molecule has 0 aliphatic carbocycles. The van der Waals surface area contributed by atoms with Crippen LogP contribution in [-0.4, -0.2) is 101 Å². The third kappa shape index (κ3) is 6.26. The first-order valence-corrected chi connectivity index (χ1v) is 18.5. The van der Waals surface area contributed by atoms with Crippen LogP contribution in [0.4, 0.5) is 10.5 Å². The third-order valence-electron chi connectivity index (χ3n) is 9.94. The Bertz CT molecular complexity index is 1800. The van der Waals surface area contributed by atoms with Crippen LogP contribution in [-0.2, 0) is 25.2 Å². The lowest BCUT2D eigenvalue weighted by atomic mass is 9.84. The predicted octanol–water partition coefficient (Wildman–Crippen LogP) is 5.04. The second-order valence-electron chi connectivity index (χ2n) is 13.2. The summed E-state index contributed by atoms with van der Waals surface area (Å²) in [6.07, 6.45) is 1.47. The second kappa shape index (κ2) is 14.0. The standard InChI is InChI=1S/C37H46N4O7S/c1-6-47-32-12-8-7-11-29(32)37(48-36(43)40-23-21-39(22-24-40)28-17-19-38(4)20-18-28)30-25-27(26(2)3)15-16-31(30)41(35(37)42)49(44,45)34-14-10-9-13-33(34)46-5/h7-16,25-26,28H,6,17-24H2,1-5H3. The molecule has 3 aliphatic rings. The molecular weight excluding hydrogens is 644 g/mol. The second-order valence-corrected chi connectivity index (χ2v) is 14.9. The number of piperazine rings is 1. The van der Waals surface area contributed by atoms with E-state index in [1.807, 2.05) is 20.8 Å². The number of fused-ring (bicyclic) bond motifs is 1. The zero-order chi connectivity index (χ0) is 34.9. The van der Waals surface area contributed by atoms with E-state index in [4.69, 9.17) is 14.2 Å². The molecule has 3 heterocycles. The number of methoxy groups -OCH3 is 1. The predicted molar refractivity (Wildman–Crippen MR) is 187 cm³/mol. The minimum Gasteiger partial charge on any atom is -0.495 e. The molecule has 1 unspecified atom stereocenters. The summed E-state index contributed by atoms with van der Waals surface area (Å²) in [4.78, 5) is 35.7. The first-order valence-electron chi connectivity index (χ1n) is 17.0. The van der Waals surface area contributed by atoms with Gasteiger partial charge in [-0.2, -0.15) is 4.31 Å². The highest BCUT2D eigenvalue weighted by atomic mass is 32.2. The van der Waals surface area contributed by atoms with Crippen molar-refractivity contribution in [1.29, 1.82) is 0 Å². The molecule has 3 aliphatic heterocycles. The Labute approximate surface area is 289 Å². The van der Waals surface area contributed by atoms with Gasteiger partial charge in [0.05, 0.1) is 25.0 Å². The summed E-state index contributed by atoms with van der Waals surface area (Å²) in [5.41, 5.74) is -0.702. The van der Waals surface area contributed by atoms with E-state index in [0.29, 0.717) is 38.0 Å². The summed E-state index contributed by atoms with van der Waals surface area (Å²) in [5.74, 6) is -0.499. The van der Waals surface area contributed by atoms with E-state index in [2.05, 4.69) is 16.8 Å². The molecule has 262 valence electrons. The number of ether oxygens (including phenoxy) is 3. The van der Waals surface area contributed by atoms with Crippen molar-refractivity contribution in [2.45, 2.75) is 56.1 Å². The maximum Gasteiger partial charge on any atom is 0.411 e. The van der Waals surface area contributed by atoms with Crippen molar-refractivity contribution in [3.8, 4) is 11.5 Å². The Morgan fingerprint density at radius 2 is 1.55 bits per heavy atom. The van der Waals surface area contributed by atoms with Crippen molar-refractivity contribution in [2.24, 2.45) is 0 Å². The summed E-state index contributed by atoms with van der Waals surface area (Å²) in [6, 6.07) is 18.7. The number of likely N-dealkylation sites (tertiary alicyclic amines) is 1. The zero-order valence-corrected chi connectivity index (χ0v) is 29.7. The van der Waals surface area contributed by atoms with Gasteiger partial charge >= 0.3 is 6.09 Å². The van der Waals surface area contributed by atoms with Crippen LogP contribution in [0.25, 0.3) is 0 Å². The average Bonchev–Trinajstić information content (AvgIpc) is 3.36. The minimum atomic E-state index is -4.56. The molecule has 0 spiro atoms. The highest BCUT2D eigenvalue weighted by Crippen LogP contribution is 2.52. The summed E-state index contributed by atoms with van der Waals surface area (Å²) in [5, 5.41) is 0. The number of anilines is 1. The number of hydrogen-bond acceptors (Lipinski definition) is 9. The van der Waals surface area contributed by atoms with Gasteiger partial charge in [0, 0.05) is 37.8 Å². The van der Waals surface area contributed by atoms with E-state index >= 15 is 4.79 Å². The smallest absolute Gasteiger partial charge is 0.411 e. The molecule has 12 heteroatoms. The molecule has 3 aromatic rings. The number of rotatable bonds is 9. The number of carbonyl (C=O) groups excluding carboxylic acids is 2. The normalized spacial score (nSPS) is 20.8. The molecule has 6 rings (SSSR count). The summed E-state index contributed by atoms with van der Waals surface area (Å²) in [7, 11) is -1.05. The van der Waals surface area contributed by atoms with Gasteiger partial charge in [-0.1, -0.05) is 50.2 Å². The third-order valence-corrected chi connectivity index (χ3v) is 11.7. The molecule has 0 saturated carbocycles. The van der Waals surface area contributed by atoms with Crippen LogP contribution in [0, 0.1) is 0 Å². The number of hydrogen-bond donors (Lipinski definition) is 0. The average molecular weight is 691 g/mol. The molecule has 2 fully saturated rings. The number of amides is 2. The van der Waals surface area contributed by atoms with Gasteiger partial charge in [-0.25, -0.2) is 13.2 Å². The molecular formula is C37H46N4O7S. The van der Waals surface area contributed by atoms with E-state index in [1.165, 1.54) is 19.2 Å². The number of nitrogens with zero attached hydrogens (tertiary/aromatic N) is 4. The molecule has 0 radical (unpaired) electrons. The van der Waals surface area contributed by atoms with E-state index in [1.54, 1.807) is 59.5 Å². The van der Waals surface area contributed by atoms with E-state index in [9.17, 15) is 13.2 Å². The number of para-hydroxylation sites is 2. The lowest BCUT2D eigenvalue weighted by molar-refractivity contribution is -0.132. The topological polar surface area (TPSA) is 109 Å². The summed E-state index contributed by atoms with van der Waals surface area (Å²) < 4.78 is 47.8. The molecule has 0 N–H and O–H groups in total. The van der Waals surface area contributed by atoms with Crippen molar-refractivity contribution in [3.05, 3.63) is 83.4 Å². The fourth-order valence-electron chi connectivity index (χ4n) is 7.19. The first-order chi connectivity index (χ1) is 23.5. The van der Waals surface area contributed by atoms with Gasteiger partial charge < -0.3 is 24.0 Å². The lowest BCUT2D eigenvalue weighted by Gasteiger charge is -2.42. The molecule has 0 aromatic heterocycles. The van der Waals surface area contributed by atoms with Crippen molar-refractivity contribution >= 4 is 27.7 Å². The SMILES string of the molecule is CCOc1ccccc1C1(OC(=O)N2CCN(C3CCN(C)CC3)CC2)C(=O)N(S(=O)(=O)c2ccccc2OC)c2ccc(C(C)C)cc21. The molecule has 1 atom stereocenters. The lowest BCUT2D eigenvalue weighted by Crippen LogP contribution is -2.55.